The minimum atomic E-state index is -3.94. The zero-order valence-electron chi connectivity index (χ0n) is 16.8. The molecule has 172 valence electrons. The Morgan fingerprint density at radius 1 is 1.45 bits per heavy atom. The first kappa shape index (κ1) is 24.1. The number of halogens is 2. The molecular formula is C20H24ClFO8S. The molecular weight excluding hydrogens is 455 g/mol. The van der Waals surface area contributed by atoms with Crippen molar-refractivity contribution in [2.24, 2.45) is 0 Å². The van der Waals surface area contributed by atoms with Gasteiger partial charge in [-0.2, -0.15) is 0 Å². The lowest BCUT2D eigenvalue weighted by atomic mass is 9.94. The van der Waals surface area contributed by atoms with Crippen molar-refractivity contribution in [3.05, 3.63) is 46.3 Å². The van der Waals surface area contributed by atoms with Crippen molar-refractivity contribution in [3.8, 4) is 0 Å². The number of rotatable bonds is 7. The van der Waals surface area contributed by atoms with Crippen LogP contribution in [0.5, 0.6) is 0 Å². The minimum absolute atomic E-state index is 0.00622. The fourth-order valence-electron chi connectivity index (χ4n) is 3.69. The molecule has 1 aromatic rings. The van der Waals surface area contributed by atoms with Gasteiger partial charge in [-0.05, 0) is 37.1 Å². The zero-order valence-corrected chi connectivity index (χ0v) is 18.4. The topological polar surface area (TPSA) is 119 Å². The van der Waals surface area contributed by atoms with Crippen molar-refractivity contribution in [1.82, 2.24) is 0 Å². The second-order valence-electron chi connectivity index (χ2n) is 7.42. The van der Waals surface area contributed by atoms with Gasteiger partial charge in [-0.15, -0.1) is 0 Å². The molecule has 0 aromatic heterocycles. The fraction of sp³-hybridized carbons (Fsp3) is 0.550. The molecule has 0 radical (unpaired) electrons. The van der Waals surface area contributed by atoms with Crippen LogP contribution in [-0.2, 0) is 34.6 Å². The minimum Gasteiger partial charge on any atom is -0.463 e. The zero-order chi connectivity index (χ0) is 22.8. The van der Waals surface area contributed by atoms with Crippen molar-refractivity contribution < 1.29 is 42.0 Å². The van der Waals surface area contributed by atoms with Gasteiger partial charge in [-0.3, -0.25) is 0 Å². The first-order valence-electron chi connectivity index (χ1n) is 9.77. The van der Waals surface area contributed by atoms with Crippen molar-refractivity contribution in [3.63, 3.8) is 0 Å². The maximum absolute atomic E-state index is 13.3. The van der Waals surface area contributed by atoms with Gasteiger partial charge in [0.05, 0.1) is 36.4 Å². The number of hydrogen-bond donors (Lipinski definition) is 2. The molecule has 1 heterocycles. The number of benzene rings is 1. The Kier molecular flexibility index (Phi) is 7.39. The molecule has 8 nitrogen and oxygen atoms in total. The highest BCUT2D eigenvalue weighted by molar-refractivity contribution is 7.91. The van der Waals surface area contributed by atoms with Crippen molar-refractivity contribution >= 4 is 27.4 Å². The van der Waals surface area contributed by atoms with E-state index in [4.69, 9.17) is 30.9 Å². The number of ether oxygens (including phenoxy) is 3. The van der Waals surface area contributed by atoms with E-state index in [1.54, 1.807) is 6.92 Å². The van der Waals surface area contributed by atoms with Crippen LogP contribution in [0, 0.1) is 5.82 Å². The van der Waals surface area contributed by atoms with Crippen LogP contribution >= 0.6 is 11.6 Å². The van der Waals surface area contributed by atoms with Crippen LogP contribution in [0.15, 0.2) is 29.8 Å². The van der Waals surface area contributed by atoms with Gasteiger partial charge in [-0.1, -0.05) is 17.7 Å². The standard InChI is InChI=1S/C20H24ClFO8S/c1-2-28-19(25)14-8-20(29-10-17(30-20)16(24)9-23)6-5-18(14)31(26,27)11-12-3-4-13(22)7-15(12)21/h3-4,7-8,16-18,23-24H,2,5-6,9-11H2,1H3/t16-,17-,18?,20?/m1/s1. The molecule has 1 aliphatic carbocycles. The predicted octanol–water partition coefficient (Wildman–Crippen LogP) is 1.51. The summed E-state index contributed by atoms with van der Waals surface area (Å²) in [4.78, 5) is 12.6. The molecule has 1 spiro atoms. The lowest BCUT2D eigenvalue weighted by Crippen LogP contribution is -2.42. The first-order chi connectivity index (χ1) is 14.6. The predicted molar refractivity (Wildman–Crippen MR) is 108 cm³/mol. The van der Waals surface area contributed by atoms with Crippen LogP contribution in [-0.4, -0.2) is 67.7 Å². The summed E-state index contributed by atoms with van der Waals surface area (Å²) in [7, 11) is -3.94. The van der Waals surface area contributed by atoms with Crippen LogP contribution < -0.4 is 0 Å². The van der Waals surface area contributed by atoms with E-state index in [1.807, 2.05) is 0 Å². The van der Waals surface area contributed by atoms with E-state index < -0.39 is 57.2 Å². The van der Waals surface area contributed by atoms with Gasteiger partial charge in [0, 0.05) is 11.4 Å². The van der Waals surface area contributed by atoms with Crippen LogP contribution in [0.4, 0.5) is 4.39 Å². The third-order valence-corrected chi connectivity index (χ3v) is 7.67. The van der Waals surface area contributed by atoms with Crippen molar-refractivity contribution in [2.75, 3.05) is 19.8 Å². The quantitative estimate of drug-likeness (QED) is 0.566. The number of aliphatic hydroxyl groups is 2. The van der Waals surface area contributed by atoms with E-state index in [-0.39, 0.29) is 42.2 Å². The molecule has 2 unspecified atom stereocenters. The number of carbonyl (C=O) groups excluding carboxylic acids is 1. The van der Waals surface area contributed by atoms with Gasteiger partial charge in [-0.25, -0.2) is 17.6 Å². The van der Waals surface area contributed by atoms with Crippen molar-refractivity contribution in [1.29, 1.82) is 0 Å². The summed E-state index contributed by atoms with van der Waals surface area (Å²) in [6, 6.07) is 3.43. The summed E-state index contributed by atoms with van der Waals surface area (Å²) < 4.78 is 56.1. The molecule has 1 aromatic carbocycles. The van der Waals surface area contributed by atoms with E-state index in [0.717, 1.165) is 12.1 Å². The number of carbonyl (C=O) groups is 1. The average Bonchev–Trinajstić information content (AvgIpc) is 3.12. The highest BCUT2D eigenvalue weighted by atomic mass is 35.5. The summed E-state index contributed by atoms with van der Waals surface area (Å²) >= 11 is 5.99. The fourth-order valence-corrected chi connectivity index (χ4v) is 5.91. The van der Waals surface area contributed by atoms with Gasteiger partial charge < -0.3 is 24.4 Å². The lowest BCUT2D eigenvalue weighted by molar-refractivity contribution is -0.156. The number of hydrogen-bond acceptors (Lipinski definition) is 8. The molecule has 0 amide bonds. The smallest absolute Gasteiger partial charge is 0.335 e. The monoisotopic (exact) mass is 478 g/mol. The molecule has 0 bridgehead atoms. The number of sulfone groups is 1. The summed E-state index contributed by atoms with van der Waals surface area (Å²) in [6.07, 6.45) is -0.622. The maximum Gasteiger partial charge on any atom is 0.335 e. The summed E-state index contributed by atoms with van der Waals surface area (Å²) in [6.45, 7) is 1.06. The molecule has 1 saturated heterocycles. The highest BCUT2D eigenvalue weighted by Crippen LogP contribution is 2.40. The second kappa shape index (κ2) is 9.51. The van der Waals surface area contributed by atoms with E-state index >= 15 is 0 Å². The Morgan fingerprint density at radius 2 is 2.19 bits per heavy atom. The van der Waals surface area contributed by atoms with Gasteiger partial charge >= 0.3 is 5.97 Å². The molecule has 4 atom stereocenters. The Morgan fingerprint density at radius 3 is 2.84 bits per heavy atom. The molecule has 2 N–H and O–H groups in total. The van der Waals surface area contributed by atoms with Gasteiger partial charge in [0.1, 0.15) is 18.0 Å². The Bertz CT molecular complexity index is 966. The summed E-state index contributed by atoms with van der Waals surface area (Å²) in [5, 5.41) is 17.7. The van der Waals surface area contributed by atoms with Gasteiger partial charge in [0.15, 0.2) is 15.6 Å². The molecule has 31 heavy (non-hydrogen) atoms. The van der Waals surface area contributed by atoms with Gasteiger partial charge in [0.25, 0.3) is 0 Å². The molecule has 0 saturated carbocycles. The normalized spacial score (nSPS) is 27.2. The molecule has 11 heteroatoms. The number of aliphatic hydroxyl groups excluding tert-OH is 2. The maximum atomic E-state index is 13.3. The molecule has 3 rings (SSSR count). The van der Waals surface area contributed by atoms with E-state index in [2.05, 4.69) is 0 Å². The Hall–Kier alpha value is -1.56. The third kappa shape index (κ3) is 5.27. The van der Waals surface area contributed by atoms with Crippen LogP contribution in [0.25, 0.3) is 0 Å². The Labute approximate surface area is 184 Å². The Balaban J connectivity index is 1.91. The summed E-state index contributed by atoms with van der Waals surface area (Å²) in [5.74, 6) is -3.30. The van der Waals surface area contributed by atoms with E-state index in [9.17, 15) is 22.7 Å². The van der Waals surface area contributed by atoms with Crippen molar-refractivity contribution in [2.45, 2.75) is 48.8 Å². The largest absolute Gasteiger partial charge is 0.463 e. The average molecular weight is 479 g/mol. The molecule has 1 fully saturated rings. The SMILES string of the molecule is CCOC(=O)C1=CC2(CCC1S(=O)(=O)Cc1ccc(F)cc1Cl)OC[C@H]([C@H](O)CO)O2. The number of esters is 1. The first-order valence-corrected chi connectivity index (χ1v) is 11.9. The highest BCUT2D eigenvalue weighted by Gasteiger charge is 2.49. The van der Waals surface area contributed by atoms with Crippen LogP contribution in [0.3, 0.4) is 0 Å². The van der Waals surface area contributed by atoms with E-state index in [0.29, 0.717) is 0 Å². The van der Waals surface area contributed by atoms with E-state index in [1.165, 1.54) is 12.1 Å². The lowest BCUT2D eigenvalue weighted by Gasteiger charge is -2.33. The van der Waals surface area contributed by atoms with Gasteiger partial charge in [0.2, 0.25) is 0 Å². The van der Waals surface area contributed by atoms with Crippen LogP contribution in [0.1, 0.15) is 25.3 Å². The van der Waals surface area contributed by atoms with Crippen LogP contribution in [0.2, 0.25) is 5.02 Å². The third-order valence-electron chi connectivity index (χ3n) is 5.25. The summed E-state index contributed by atoms with van der Waals surface area (Å²) in [5.41, 5.74) is 0.0801. The molecule has 1 aliphatic heterocycles. The molecule has 2 aliphatic rings. The second-order valence-corrected chi connectivity index (χ2v) is 10.0.